The van der Waals surface area contributed by atoms with Crippen molar-refractivity contribution in [1.82, 2.24) is 19.2 Å². The number of para-hydroxylation sites is 1. The number of fused-ring (bicyclic) bond motifs is 3. The lowest BCUT2D eigenvalue weighted by Gasteiger charge is -2.12. The van der Waals surface area contributed by atoms with E-state index in [0.717, 1.165) is 18.6 Å². The third-order valence-electron chi connectivity index (χ3n) is 4.99. The van der Waals surface area contributed by atoms with Crippen molar-refractivity contribution in [2.24, 2.45) is 5.92 Å². The summed E-state index contributed by atoms with van der Waals surface area (Å²) in [4.78, 5) is 25.3. The molecule has 0 saturated heterocycles. The zero-order valence-corrected chi connectivity index (χ0v) is 17.0. The summed E-state index contributed by atoms with van der Waals surface area (Å²) in [6.45, 7) is 4.28. The molecule has 0 bridgehead atoms. The number of benzene rings is 2. The molecule has 0 amide bonds. The monoisotopic (exact) mass is 426 g/mol. The lowest BCUT2D eigenvalue weighted by atomic mass is 10.1. The zero-order chi connectivity index (χ0) is 22.1. The molecule has 0 fully saturated rings. The molecular weight excluding hydrogens is 406 g/mol. The molecule has 160 valence electrons. The number of carbonyl (C=O) groups excluding carboxylic acids is 1. The molecule has 0 radical (unpaired) electrons. The van der Waals surface area contributed by atoms with E-state index in [2.05, 4.69) is 24.0 Å². The topological polar surface area (TPSA) is 78.5 Å². The van der Waals surface area contributed by atoms with E-state index >= 15 is 0 Å². The predicted molar refractivity (Wildman–Crippen MR) is 110 cm³/mol. The number of halogens is 2. The Balaban J connectivity index is 1.73. The van der Waals surface area contributed by atoms with Gasteiger partial charge < -0.3 is 4.74 Å². The Morgan fingerprint density at radius 3 is 2.65 bits per heavy atom. The van der Waals surface area contributed by atoms with Gasteiger partial charge >= 0.3 is 5.97 Å². The van der Waals surface area contributed by atoms with E-state index in [1.54, 1.807) is 33.2 Å². The Morgan fingerprint density at radius 2 is 1.90 bits per heavy atom. The number of ether oxygens (including phenoxy) is 1. The highest BCUT2D eigenvalue weighted by Crippen LogP contribution is 2.17. The van der Waals surface area contributed by atoms with Gasteiger partial charge in [0.2, 0.25) is 5.78 Å². The van der Waals surface area contributed by atoms with Gasteiger partial charge in [0.15, 0.2) is 12.4 Å². The number of hydrogen-bond acceptors (Lipinski definition) is 5. The van der Waals surface area contributed by atoms with E-state index in [0.29, 0.717) is 35.2 Å². The van der Waals surface area contributed by atoms with Crippen molar-refractivity contribution in [1.29, 1.82) is 0 Å². The first-order valence-corrected chi connectivity index (χ1v) is 9.84. The maximum Gasteiger partial charge on any atom is 0.341 e. The van der Waals surface area contributed by atoms with E-state index in [-0.39, 0.29) is 23.6 Å². The Morgan fingerprint density at radius 1 is 1.13 bits per heavy atom. The fourth-order valence-electron chi connectivity index (χ4n) is 3.36. The lowest BCUT2D eigenvalue weighted by molar-refractivity contribution is 0.0456. The van der Waals surface area contributed by atoms with Gasteiger partial charge in [0, 0.05) is 12.6 Å². The number of nitrogens with zero attached hydrogens (tertiary/aromatic N) is 4. The van der Waals surface area contributed by atoms with E-state index in [4.69, 9.17) is 4.74 Å². The highest BCUT2D eigenvalue weighted by molar-refractivity contribution is 5.89. The Labute approximate surface area is 175 Å². The molecule has 0 N–H and O–H groups in total. The lowest BCUT2D eigenvalue weighted by Crippen LogP contribution is -2.24. The molecule has 2 aromatic heterocycles. The fourth-order valence-corrected chi connectivity index (χ4v) is 3.36. The van der Waals surface area contributed by atoms with E-state index in [1.165, 1.54) is 0 Å². The van der Waals surface area contributed by atoms with Crippen LogP contribution >= 0.6 is 0 Å². The summed E-state index contributed by atoms with van der Waals surface area (Å²) in [7, 11) is 0. The third-order valence-corrected chi connectivity index (χ3v) is 4.99. The molecule has 7 nitrogen and oxygen atoms in total. The first-order valence-electron chi connectivity index (χ1n) is 9.84. The summed E-state index contributed by atoms with van der Waals surface area (Å²) < 4.78 is 35.4. The summed E-state index contributed by atoms with van der Waals surface area (Å²) in [5.41, 5.74) is 0.0225. The smallest absolute Gasteiger partial charge is 0.341 e. The van der Waals surface area contributed by atoms with Crippen molar-refractivity contribution >= 4 is 22.6 Å². The Hall–Kier alpha value is -3.62. The van der Waals surface area contributed by atoms with Gasteiger partial charge in [-0.05, 0) is 36.6 Å². The highest BCUT2D eigenvalue weighted by atomic mass is 19.1. The second-order valence-corrected chi connectivity index (χ2v) is 7.61. The molecular formula is C22H20F2N4O3. The molecule has 0 aliphatic carbocycles. The van der Waals surface area contributed by atoms with Crippen molar-refractivity contribution < 1.29 is 18.3 Å². The maximum atomic E-state index is 13.9. The highest BCUT2D eigenvalue weighted by Gasteiger charge is 2.19. The fraction of sp³-hybridized carbons (Fsp3) is 0.273. The summed E-state index contributed by atoms with van der Waals surface area (Å²) in [6, 6.07) is 9.63. The molecule has 0 spiro atoms. The standard InChI is InChI=1S/C22H20F2N4O3/c1-13(2)9-10-27-20(29)16-5-3-4-6-18(16)28-19(25-26-22(27)28)12-31-21(30)15-8-7-14(23)11-17(15)24/h3-8,11,13H,9-10,12H2,1-2H3. The number of aryl methyl sites for hydroxylation is 1. The maximum absolute atomic E-state index is 13.9. The molecule has 4 rings (SSSR count). The van der Waals surface area contributed by atoms with Crippen LogP contribution in [0, 0.1) is 17.6 Å². The summed E-state index contributed by atoms with van der Waals surface area (Å²) in [6.07, 6.45) is 0.773. The van der Waals surface area contributed by atoms with Crippen LogP contribution in [0.15, 0.2) is 47.3 Å². The zero-order valence-electron chi connectivity index (χ0n) is 17.0. The molecule has 31 heavy (non-hydrogen) atoms. The summed E-state index contributed by atoms with van der Waals surface area (Å²) in [5.74, 6) is -1.75. The second-order valence-electron chi connectivity index (χ2n) is 7.61. The quantitative estimate of drug-likeness (QED) is 0.439. The molecule has 0 saturated carbocycles. The van der Waals surface area contributed by atoms with Gasteiger partial charge in [-0.25, -0.2) is 13.6 Å². The van der Waals surface area contributed by atoms with Gasteiger partial charge in [-0.2, -0.15) is 0 Å². The Kier molecular flexibility index (Phi) is 5.50. The number of carbonyl (C=O) groups is 1. The van der Waals surface area contributed by atoms with Crippen molar-refractivity contribution in [3.8, 4) is 0 Å². The van der Waals surface area contributed by atoms with Crippen LogP contribution in [0.2, 0.25) is 0 Å². The first kappa shape index (κ1) is 20.6. The SMILES string of the molecule is CC(C)CCn1c(=O)c2ccccc2n2c(COC(=O)c3ccc(F)cc3F)nnc12. The van der Waals surface area contributed by atoms with E-state index in [9.17, 15) is 18.4 Å². The van der Waals surface area contributed by atoms with Gasteiger partial charge in [-0.1, -0.05) is 26.0 Å². The minimum Gasteiger partial charge on any atom is -0.454 e. The van der Waals surface area contributed by atoms with Crippen LogP contribution in [0.1, 0.15) is 36.5 Å². The van der Waals surface area contributed by atoms with Gasteiger partial charge in [0.25, 0.3) is 5.56 Å². The van der Waals surface area contributed by atoms with Crippen LogP contribution in [-0.4, -0.2) is 25.1 Å². The molecule has 0 unspecified atom stereocenters. The van der Waals surface area contributed by atoms with Crippen LogP contribution in [0.4, 0.5) is 8.78 Å². The molecule has 4 aromatic rings. The van der Waals surface area contributed by atoms with Crippen molar-refractivity contribution in [3.63, 3.8) is 0 Å². The van der Waals surface area contributed by atoms with Gasteiger partial charge in [-0.3, -0.25) is 13.8 Å². The largest absolute Gasteiger partial charge is 0.454 e. The van der Waals surface area contributed by atoms with Crippen LogP contribution in [0.5, 0.6) is 0 Å². The molecule has 0 aliphatic rings. The van der Waals surface area contributed by atoms with E-state index < -0.39 is 17.6 Å². The van der Waals surface area contributed by atoms with Gasteiger partial charge in [0.05, 0.1) is 16.5 Å². The van der Waals surface area contributed by atoms with Crippen LogP contribution in [-0.2, 0) is 17.9 Å². The molecule has 0 aliphatic heterocycles. The average molecular weight is 426 g/mol. The minimum atomic E-state index is -1.01. The minimum absolute atomic E-state index is 0.173. The third kappa shape index (κ3) is 3.90. The molecule has 9 heteroatoms. The summed E-state index contributed by atoms with van der Waals surface area (Å²) >= 11 is 0. The van der Waals surface area contributed by atoms with Crippen LogP contribution < -0.4 is 5.56 Å². The Bertz CT molecular complexity index is 1340. The van der Waals surface area contributed by atoms with Gasteiger partial charge in [-0.15, -0.1) is 10.2 Å². The van der Waals surface area contributed by atoms with Crippen molar-refractivity contribution in [3.05, 3.63) is 75.8 Å². The molecule has 0 atom stereocenters. The number of rotatable bonds is 6. The van der Waals surface area contributed by atoms with Crippen molar-refractivity contribution in [2.75, 3.05) is 0 Å². The summed E-state index contributed by atoms with van der Waals surface area (Å²) in [5, 5.41) is 8.73. The average Bonchev–Trinajstić information content (AvgIpc) is 3.15. The normalized spacial score (nSPS) is 11.5. The number of aromatic nitrogens is 4. The number of hydrogen-bond donors (Lipinski definition) is 0. The van der Waals surface area contributed by atoms with E-state index in [1.807, 2.05) is 0 Å². The van der Waals surface area contributed by atoms with Gasteiger partial charge in [0.1, 0.15) is 11.6 Å². The molecule has 2 aromatic carbocycles. The van der Waals surface area contributed by atoms with Crippen LogP contribution in [0.25, 0.3) is 16.7 Å². The first-order chi connectivity index (χ1) is 14.9. The predicted octanol–water partition coefficient (Wildman–Crippen LogP) is 3.73. The molecule has 2 heterocycles. The second kappa shape index (κ2) is 8.25. The van der Waals surface area contributed by atoms with Crippen LogP contribution in [0.3, 0.4) is 0 Å². The number of esters is 1. The van der Waals surface area contributed by atoms with Crippen molar-refractivity contribution in [2.45, 2.75) is 33.4 Å².